The topological polar surface area (TPSA) is 57.6 Å². The van der Waals surface area contributed by atoms with Gasteiger partial charge in [0.1, 0.15) is 5.54 Å². The molecule has 1 atom stereocenters. The van der Waals surface area contributed by atoms with Crippen LogP contribution in [0, 0.1) is 0 Å². The zero-order chi connectivity index (χ0) is 11.5. The van der Waals surface area contributed by atoms with Crippen LogP contribution in [0.2, 0.25) is 0 Å². The van der Waals surface area contributed by atoms with Crippen LogP contribution in [-0.2, 0) is 9.59 Å². The highest BCUT2D eigenvalue weighted by atomic mass is 16.4. The van der Waals surface area contributed by atoms with Crippen molar-refractivity contribution in [2.45, 2.75) is 38.1 Å². The standard InChI is InChI=1S/C11H17NO3/c1-3-6-9(13)12-8-5-4-7-11(12,2)10(14)15/h3H,1,4-8H2,2H3,(H,14,15). The third-order valence-electron chi connectivity index (χ3n) is 2.97. The zero-order valence-electron chi connectivity index (χ0n) is 9.03. The summed E-state index contributed by atoms with van der Waals surface area (Å²) in [4.78, 5) is 24.4. The Bertz CT molecular complexity index is 288. The predicted octanol–water partition coefficient (Wildman–Crippen LogP) is 1.42. The molecule has 1 amide bonds. The molecule has 0 aromatic carbocycles. The summed E-state index contributed by atoms with van der Waals surface area (Å²) in [6.45, 7) is 5.65. The van der Waals surface area contributed by atoms with Crippen LogP contribution in [0.5, 0.6) is 0 Å². The molecule has 4 nitrogen and oxygen atoms in total. The van der Waals surface area contributed by atoms with E-state index in [4.69, 9.17) is 5.11 Å². The highest BCUT2D eigenvalue weighted by Crippen LogP contribution is 2.28. The van der Waals surface area contributed by atoms with E-state index in [1.165, 1.54) is 11.0 Å². The number of hydrogen-bond donors (Lipinski definition) is 1. The molecule has 1 rings (SSSR count). The fraction of sp³-hybridized carbons (Fsp3) is 0.636. The molecule has 15 heavy (non-hydrogen) atoms. The maximum Gasteiger partial charge on any atom is 0.329 e. The minimum absolute atomic E-state index is 0.144. The third-order valence-corrected chi connectivity index (χ3v) is 2.97. The molecule has 1 fully saturated rings. The van der Waals surface area contributed by atoms with Crippen molar-refractivity contribution in [2.24, 2.45) is 0 Å². The Balaban J connectivity index is 2.87. The van der Waals surface area contributed by atoms with Crippen molar-refractivity contribution >= 4 is 11.9 Å². The van der Waals surface area contributed by atoms with Crippen LogP contribution in [-0.4, -0.2) is 34.0 Å². The highest BCUT2D eigenvalue weighted by Gasteiger charge is 2.43. The number of aliphatic carboxylic acids is 1. The minimum Gasteiger partial charge on any atom is -0.480 e. The molecule has 1 saturated heterocycles. The molecule has 84 valence electrons. The molecule has 0 saturated carbocycles. The molecule has 0 radical (unpaired) electrons. The SMILES string of the molecule is C=CCC(=O)N1CCCCC1(C)C(=O)O. The van der Waals surface area contributed by atoms with E-state index in [1.807, 2.05) is 0 Å². The Hall–Kier alpha value is -1.32. The van der Waals surface area contributed by atoms with Gasteiger partial charge in [0.2, 0.25) is 5.91 Å². The summed E-state index contributed by atoms with van der Waals surface area (Å²) in [5, 5.41) is 9.17. The molecule has 0 aromatic rings. The van der Waals surface area contributed by atoms with E-state index in [2.05, 4.69) is 6.58 Å². The Morgan fingerprint density at radius 3 is 2.73 bits per heavy atom. The molecule has 0 aromatic heterocycles. The second-order valence-electron chi connectivity index (χ2n) is 4.07. The molecule has 1 N–H and O–H groups in total. The lowest BCUT2D eigenvalue weighted by Crippen LogP contribution is -2.57. The van der Waals surface area contributed by atoms with Crippen molar-refractivity contribution in [3.8, 4) is 0 Å². The van der Waals surface area contributed by atoms with Gasteiger partial charge in [0.05, 0.1) is 0 Å². The van der Waals surface area contributed by atoms with E-state index in [0.717, 1.165) is 12.8 Å². The third kappa shape index (κ3) is 2.19. The maximum absolute atomic E-state index is 11.7. The monoisotopic (exact) mass is 211 g/mol. The van der Waals surface area contributed by atoms with Crippen molar-refractivity contribution in [3.05, 3.63) is 12.7 Å². The Morgan fingerprint density at radius 2 is 2.20 bits per heavy atom. The summed E-state index contributed by atoms with van der Waals surface area (Å²) in [6.07, 6.45) is 4.00. The Labute approximate surface area is 89.6 Å². The first-order valence-corrected chi connectivity index (χ1v) is 5.17. The van der Waals surface area contributed by atoms with Gasteiger partial charge in [-0.15, -0.1) is 6.58 Å². The average molecular weight is 211 g/mol. The first kappa shape index (κ1) is 11.8. The number of carboxylic acid groups (broad SMARTS) is 1. The van der Waals surface area contributed by atoms with Crippen LogP contribution in [0.4, 0.5) is 0 Å². The molecule has 1 heterocycles. The summed E-state index contributed by atoms with van der Waals surface area (Å²) in [5.41, 5.74) is -1.03. The van der Waals surface area contributed by atoms with Crippen molar-refractivity contribution < 1.29 is 14.7 Å². The molecule has 0 aliphatic carbocycles. The largest absolute Gasteiger partial charge is 0.480 e. The van der Waals surface area contributed by atoms with Gasteiger partial charge in [-0.2, -0.15) is 0 Å². The van der Waals surface area contributed by atoms with Crippen LogP contribution >= 0.6 is 0 Å². The van der Waals surface area contributed by atoms with Crippen molar-refractivity contribution in [1.82, 2.24) is 4.90 Å². The zero-order valence-corrected chi connectivity index (χ0v) is 9.03. The van der Waals surface area contributed by atoms with E-state index in [1.54, 1.807) is 6.92 Å². The second-order valence-corrected chi connectivity index (χ2v) is 4.07. The normalized spacial score (nSPS) is 26.1. The fourth-order valence-corrected chi connectivity index (χ4v) is 1.98. The van der Waals surface area contributed by atoms with Gasteiger partial charge in [0, 0.05) is 13.0 Å². The van der Waals surface area contributed by atoms with Crippen molar-refractivity contribution in [1.29, 1.82) is 0 Å². The van der Waals surface area contributed by atoms with Crippen LogP contribution in [0.15, 0.2) is 12.7 Å². The molecule has 4 heteroatoms. The van der Waals surface area contributed by atoms with Crippen LogP contribution in [0.3, 0.4) is 0 Å². The molecule has 1 aliphatic heterocycles. The lowest BCUT2D eigenvalue weighted by molar-refractivity contribution is -0.160. The van der Waals surface area contributed by atoms with Gasteiger partial charge in [0.25, 0.3) is 0 Å². The highest BCUT2D eigenvalue weighted by molar-refractivity contribution is 5.87. The lowest BCUT2D eigenvalue weighted by atomic mass is 9.88. The number of amides is 1. The molecule has 0 spiro atoms. The molecule has 1 aliphatic rings. The number of likely N-dealkylation sites (tertiary alicyclic amines) is 1. The van der Waals surface area contributed by atoms with Gasteiger partial charge in [-0.05, 0) is 26.2 Å². The fourth-order valence-electron chi connectivity index (χ4n) is 1.98. The summed E-state index contributed by atoms with van der Waals surface area (Å²) >= 11 is 0. The predicted molar refractivity (Wildman–Crippen MR) is 56.4 cm³/mol. The van der Waals surface area contributed by atoms with E-state index in [9.17, 15) is 9.59 Å². The number of carbonyl (C=O) groups is 2. The number of carbonyl (C=O) groups excluding carboxylic acids is 1. The van der Waals surface area contributed by atoms with Gasteiger partial charge in [-0.1, -0.05) is 6.08 Å². The number of carboxylic acids is 1. The van der Waals surface area contributed by atoms with Crippen LogP contribution in [0.1, 0.15) is 32.6 Å². The van der Waals surface area contributed by atoms with Gasteiger partial charge >= 0.3 is 5.97 Å². The summed E-state index contributed by atoms with van der Waals surface area (Å²) in [7, 11) is 0. The van der Waals surface area contributed by atoms with E-state index in [0.29, 0.717) is 13.0 Å². The average Bonchev–Trinajstić information content (AvgIpc) is 2.18. The van der Waals surface area contributed by atoms with E-state index < -0.39 is 11.5 Å². The minimum atomic E-state index is -1.03. The maximum atomic E-state index is 11.7. The second kappa shape index (κ2) is 4.47. The summed E-state index contributed by atoms with van der Waals surface area (Å²) in [6, 6.07) is 0. The van der Waals surface area contributed by atoms with Gasteiger partial charge in [-0.25, -0.2) is 4.79 Å². The quantitative estimate of drug-likeness (QED) is 0.718. The summed E-state index contributed by atoms with van der Waals surface area (Å²) < 4.78 is 0. The lowest BCUT2D eigenvalue weighted by Gasteiger charge is -2.41. The number of nitrogens with zero attached hydrogens (tertiary/aromatic N) is 1. The van der Waals surface area contributed by atoms with E-state index in [-0.39, 0.29) is 12.3 Å². The van der Waals surface area contributed by atoms with Crippen molar-refractivity contribution in [3.63, 3.8) is 0 Å². The molecular weight excluding hydrogens is 194 g/mol. The molecule has 1 unspecified atom stereocenters. The first-order chi connectivity index (χ1) is 7.02. The number of piperidine rings is 1. The van der Waals surface area contributed by atoms with Gasteiger partial charge in [0.15, 0.2) is 0 Å². The van der Waals surface area contributed by atoms with E-state index >= 15 is 0 Å². The van der Waals surface area contributed by atoms with Crippen molar-refractivity contribution in [2.75, 3.05) is 6.54 Å². The summed E-state index contributed by atoms with van der Waals surface area (Å²) in [5.74, 6) is -1.06. The van der Waals surface area contributed by atoms with Gasteiger partial charge in [-0.3, -0.25) is 4.79 Å². The van der Waals surface area contributed by atoms with Crippen LogP contribution in [0.25, 0.3) is 0 Å². The number of hydrogen-bond acceptors (Lipinski definition) is 2. The number of rotatable bonds is 3. The molecule has 0 bridgehead atoms. The Kier molecular flexibility index (Phi) is 3.50. The first-order valence-electron chi connectivity index (χ1n) is 5.17. The van der Waals surface area contributed by atoms with Gasteiger partial charge < -0.3 is 10.0 Å². The molecular formula is C11H17NO3. The van der Waals surface area contributed by atoms with Crippen LogP contribution < -0.4 is 0 Å². The Morgan fingerprint density at radius 1 is 1.53 bits per heavy atom. The smallest absolute Gasteiger partial charge is 0.329 e.